The molecule has 0 bridgehead atoms. The van der Waals surface area contributed by atoms with E-state index in [2.05, 4.69) is 0 Å². The van der Waals surface area contributed by atoms with Gasteiger partial charge in [-0.2, -0.15) is 0 Å². The molecule has 4 rings (SSSR count). The molecule has 3 aromatic rings. The Labute approximate surface area is 204 Å². The van der Waals surface area contributed by atoms with Gasteiger partial charge in [0.1, 0.15) is 12.4 Å². The van der Waals surface area contributed by atoms with Crippen LogP contribution in [0.3, 0.4) is 0 Å². The average molecular weight is 502 g/mol. The zero-order chi connectivity index (χ0) is 23.4. The maximum atomic E-state index is 13.8. The van der Waals surface area contributed by atoms with Gasteiger partial charge in [0.05, 0.1) is 15.0 Å². The number of thioether (sulfide) groups is 1. The molecule has 33 heavy (non-hydrogen) atoms. The molecule has 1 heterocycles. The average Bonchev–Trinajstić information content (AvgIpc) is 3.06. The maximum absolute atomic E-state index is 13.8. The zero-order valence-corrected chi connectivity index (χ0v) is 19.6. The molecule has 0 spiro atoms. The summed E-state index contributed by atoms with van der Waals surface area (Å²) in [5.74, 6) is -0.521. The van der Waals surface area contributed by atoms with Gasteiger partial charge in [-0.05, 0) is 53.6 Å². The summed E-state index contributed by atoms with van der Waals surface area (Å²) in [6, 6.07) is 19.1. The van der Waals surface area contributed by atoms with E-state index in [4.69, 9.17) is 27.9 Å². The van der Waals surface area contributed by atoms with Crippen LogP contribution in [0.15, 0.2) is 71.6 Å². The molecule has 1 aliphatic rings. The molecule has 0 atom stereocenters. The van der Waals surface area contributed by atoms with E-state index in [0.717, 1.165) is 17.3 Å². The molecule has 0 aromatic heterocycles. The summed E-state index contributed by atoms with van der Waals surface area (Å²) in [4.78, 5) is 26.7. The monoisotopic (exact) mass is 501 g/mol. The Balaban J connectivity index is 1.46. The molecule has 0 N–H and O–H groups in total. The SMILES string of the molecule is O=C1S/C(=C\c2cc(Cl)c(OCc3ccccc3F)c(Cl)c2)C(=O)N1CCc1ccccc1. The number of nitrogens with zero attached hydrogens (tertiary/aromatic N) is 1. The minimum absolute atomic E-state index is 0.0359. The van der Waals surface area contributed by atoms with Gasteiger partial charge in [0.2, 0.25) is 0 Å². The first-order valence-electron chi connectivity index (χ1n) is 10.1. The van der Waals surface area contributed by atoms with Crippen LogP contribution < -0.4 is 4.74 Å². The second-order valence-corrected chi connectivity index (χ2v) is 9.07. The number of amides is 2. The minimum atomic E-state index is -0.385. The lowest BCUT2D eigenvalue weighted by atomic mass is 10.1. The summed E-state index contributed by atoms with van der Waals surface area (Å²) >= 11 is 13.5. The van der Waals surface area contributed by atoms with Crippen LogP contribution in [0.4, 0.5) is 9.18 Å². The topological polar surface area (TPSA) is 46.6 Å². The van der Waals surface area contributed by atoms with Crippen LogP contribution in [0.25, 0.3) is 6.08 Å². The van der Waals surface area contributed by atoms with Crippen molar-refractivity contribution in [2.75, 3.05) is 6.54 Å². The van der Waals surface area contributed by atoms with E-state index >= 15 is 0 Å². The molecule has 3 aromatic carbocycles. The number of rotatable bonds is 7. The van der Waals surface area contributed by atoms with Crippen molar-refractivity contribution in [1.82, 2.24) is 4.90 Å². The van der Waals surface area contributed by atoms with Crippen LogP contribution >= 0.6 is 35.0 Å². The van der Waals surface area contributed by atoms with Gasteiger partial charge in [0.25, 0.3) is 11.1 Å². The molecule has 1 fully saturated rings. The highest BCUT2D eigenvalue weighted by atomic mass is 35.5. The van der Waals surface area contributed by atoms with Gasteiger partial charge in [-0.3, -0.25) is 14.5 Å². The number of ether oxygens (including phenoxy) is 1. The largest absolute Gasteiger partial charge is 0.486 e. The third-order valence-electron chi connectivity index (χ3n) is 4.99. The Morgan fingerprint density at radius 1 is 0.970 bits per heavy atom. The van der Waals surface area contributed by atoms with Crippen LogP contribution in [0.5, 0.6) is 5.75 Å². The van der Waals surface area contributed by atoms with Crippen molar-refractivity contribution >= 4 is 52.2 Å². The third kappa shape index (κ3) is 5.58. The van der Waals surface area contributed by atoms with E-state index in [1.807, 2.05) is 30.3 Å². The van der Waals surface area contributed by atoms with Crippen molar-refractivity contribution in [3.63, 3.8) is 0 Å². The standard InChI is InChI=1S/C25H18Cl2FNO3S/c26-19-12-17(13-20(27)23(19)32-15-18-8-4-5-9-21(18)28)14-22-24(30)29(25(31)33-22)11-10-16-6-2-1-3-7-16/h1-9,12-14H,10-11,15H2/b22-14-. The number of hydrogen-bond donors (Lipinski definition) is 0. The van der Waals surface area contributed by atoms with Crippen LogP contribution in [-0.4, -0.2) is 22.6 Å². The first kappa shape index (κ1) is 23.4. The molecule has 0 aliphatic carbocycles. The second-order valence-electron chi connectivity index (χ2n) is 7.26. The molecular weight excluding hydrogens is 484 g/mol. The van der Waals surface area contributed by atoms with Crippen LogP contribution in [-0.2, 0) is 17.8 Å². The Kier molecular flexibility index (Phi) is 7.38. The number of carbonyl (C=O) groups excluding carboxylic acids is 2. The number of hydrogen-bond acceptors (Lipinski definition) is 4. The summed E-state index contributed by atoms with van der Waals surface area (Å²) in [5.41, 5.74) is 1.97. The third-order valence-corrected chi connectivity index (χ3v) is 6.46. The number of benzene rings is 3. The summed E-state index contributed by atoms with van der Waals surface area (Å²) in [7, 11) is 0. The molecule has 2 amide bonds. The van der Waals surface area contributed by atoms with Gasteiger partial charge in [-0.15, -0.1) is 0 Å². The lowest BCUT2D eigenvalue weighted by Crippen LogP contribution is -2.30. The minimum Gasteiger partial charge on any atom is -0.486 e. The van der Waals surface area contributed by atoms with E-state index in [1.165, 1.54) is 11.0 Å². The fraction of sp³-hybridized carbons (Fsp3) is 0.120. The molecule has 0 saturated carbocycles. The zero-order valence-electron chi connectivity index (χ0n) is 17.3. The van der Waals surface area contributed by atoms with Crippen molar-refractivity contribution < 1.29 is 18.7 Å². The molecule has 8 heteroatoms. The Bertz CT molecular complexity index is 1210. The lowest BCUT2D eigenvalue weighted by Gasteiger charge is -2.12. The Morgan fingerprint density at radius 3 is 2.33 bits per heavy atom. The summed E-state index contributed by atoms with van der Waals surface area (Å²) in [6.45, 7) is 0.266. The summed E-state index contributed by atoms with van der Waals surface area (Å²) in [6.07, 6.45) is 2.16. The van der Waals surface area contributed by atoms with Crippen molar-refractivity contribution in [3.8, 4) is 5.75 Å². The van der Waals surface area contributed by atoms with Gasteiger partial charge in [0.15, 0.2) is 5.75 Å². The summed E-state index contributed by atoms with van der Waals surface area (Å²) < 4.78 is 19.4. The Morgan fingerprint density at radius 2 is 1.64 bits per heavy atom. The number of imide groups is 1. The highest BCUT2D eigenvalue weighted by Gasteiger charge is 2.34. The van der Waals surface area contributed by atoms with Crippen molar-refractivity contribution in [2.24, 2.45) is 0 Å². The van der Waals surface area contributed by atoms with E-state index < -0.39 is 0 Å². The number of carbonyl (C=O) groups is 2. The predicted molar refractivity (Wildman–Crippen MR) is 130 cm³/mol. The fourth-order valence-electron chi connectivity index (χ4n) is 3.30. The first-order valence-corrected chi connectivity index (χ1v) is 11.6. The van der Waals surface area contributed by atoms with E-state index in [1.54, 1.807) is 36.4 Å². The molecule has 4 nitrogen and oxygen atoms in total. The maximum Gasteiger partial charge on any atom is 0.293 e. The van der Waals surface area contributed by atoms with E-state index in [9.17, 15) is 14.0 Å². The highest BCUT2D eigenvalue weighted by molar-refractivity contribution is 8.18. The van der Waals surface area contributed by atoms with E-state index in [-0.39, 0.29) is 39.4 Å². The molecular formula is C25H18Cl2FNO3S. The van der Waals surface area contributed by atoms with Gasteiger partial charge < -0.3 is 4.74 Å². The smallest absolute Gasteiger partial charge is 0.293 e. The van der Waals surface area contributed by atoms with Crippen LogP contribution in [0.2, 0.25) is 10.0 Å². The quantitative estimate of drug-likeness (QED) is 0.327. The van der Waals surface area contributed by atoms with Crippen molar-refractivity contribution in [2.45, 2.75) is 13.0 Å². The predicted octanol–water partition coefficient (Wildman–Crippen LogP) is 6.99. The van der Waals surface area contributed by atoms with Gasteiger partial charge >= 0.3 is 0 Å². The Hall–Kier alpha value is -2.80. The van der Waals surface area contributed by atoms with Crippen LogP contribution in [0.1, 0.15) is 16.7 Å². The highest BCUT2D eigenvalue weighted by Crippen LogP contribution is 2.38. The molecule has 1 saturated heterocycles. The fourth-order valence-corrected chi connectivity index (χ4v) is 4.77. The van der Waals surface area contributed by atoms with Crippen molar-refractivity contribution in [3.05, 3.63) is 104 Å². The normalized spacial score (nSPS) is 14.9. The van der Waals surface area contributed by atoms with Gasteiger partial charge in [-0.25, -0.2) is 4.39 Å². The molecule has 168 valence electrons. The summed E-state index contributed by atoms with van der Waals surface area (Å²) in [5, 5.41) is 0.117. The van der Waals surface area contributed by atoms with Gasteiger partial charge in [0, 0.05) is 12.1 Å². The van der Waals surface area contributed by atoms with Crippen molar-refractivity contribution in [1.29, 1.82) is 0 Å². The lowest BCUT2D eigenvalue weighted by molar-refractivity contribution is -0.122. The molecule has 0 unspecified atom stereocenters. The molecule has 1 aliphatic heterocycles. The van der Waals surface area contributed by atoms with Crippen LogP contribution in [0, 0.1) is 5.82 Å². The van der Waals surface area contributed by atoms with Gasteiger partial charge in [-0.1, -0.05) is 71.7 Å². The number of halogens is 3. The second kappa shape index (κ2) is 10.4. The molecule has 0 radical (unpaired) electrons. The first-order chi connectivity index (χ1) is 15.9. The van der Waals surface area contributed by atoms with E-state index in [0.29, 0.717) is 29.0 Å².